The second kappa shape index (κ2) is 4.33. The molecule has 3 nitrogen and oxygen atoms in total. The summed E-state index contributed by atoms with van der Waals surface area (Å²) in [5, 5.41) is 4.18. The number of rotatable bonds is 3. The van der Waals surface area contributed by atoms with Crippen LogP contribution in [0, 0.1) is 0 Å². The Balaban J connectivity index is 2.37. The van der Waals surface area contributed by atoms with Gasteiger partial charge >= 0.3 is 0 Å². The van der Waals surface area contributed by atoms with Gasteiger partial charge < -0.3 is 5.32 Å². The number of thiazole rings is 1. The molecule has 0 aliphatic rings. The molecule has 0 fully saturated rings. The van der Waals surface area contributed by atoms with Crippen molar-refractivity contribution in [2.24, 2.45) is 0 Å². The number of hydrogen-bond donors (Lipinski definition) is 1. The Morgan fingerprint density at radius 2 is 2.20 bits per heavy atom. The van der Waals surface area contributed by atoms with Gasteiger partial charge in [0.1, 0.15) is 10.3 Å². The van der Waals surface area contributed by atoms with Gasteiger partial charge in [0.15, 0.2) is 5.13 Å². The fourth-order valence-electron chi connectivity index (χ4n) is 1.24. The molecule has 1 N–H and O–H groups in total. The largest absolute Gasteiger partial charge is 0.359 e. The Hall–Kier alpha value is -0.870. The Morgan fingerprint density at radius 1 is 1.40 bits per heavy atom. The van der Waals surface area contributed by atoms with Crippen LogP contribution in [0.5, 0.6) is 0 Å². The van der Waals surface area contributed by atoms with Crippen molar-refractivity contribution in [2.45, 2.75) is 25.8 Å². The van der Waals surface area contributed by atoms with Crippen molar-refractivity contribution < 1.29 is 0 Å². The van der Waals surface area contributed by atoms with Crippen molar-refractivity contribution in [3.63, 3.8) is 0 Å². The molecule has 15 heavy (non-hydrogen) atoms. The van der Waals surface area contributed by atoms with E-state index in [1.54, 1.807) is 11.3 Å². The van der Waals surface area contributed by atoms with E-state index in [9.17, 15) is 0 Å². The number of aromatic nitrogens is 2. The van der Waals surface area contributed by atoms with Gasteiger partial charge in [0.05, 0.1) is 11.6 Å². The molecule has 0 aliphatic heterocycles. The Bertz CT molecular complexity index is 467. The number of hydrogen-bond acceptors (Lipinski definition) is 4. The molecule has 0 saturated carbocycles. The minimum Gasteiger partial charge on any atom is -0.359 e. The van der Waals surface area contributed by atoms with Crippen LogP contribution in [0.3, 0.4) is 0 Å². The summed E-state index contributed by atoms with van der Waals surface area (Å²) in [5.41, 5.74) is 1.82. The highest BCUT2D eigenvalue weighted by Gasteiger charge is 2.06. The first kappa shape index (κ1) is 10.6. The Kier molecular flexibility index (Phi) is 3.07. The number of anilines is 1. The number of nitrogens with zero attached hydrogens (tertiary/aromatic N) is 2. The second-order valence-electron chi connectivity index (χ2n) is 3.58. The molecule has 0 aliphatic carbocycles. The Labute approximate surface area is 97.5 Å². The SMILES string of the molecule is CC(C)Nc1nc2ccc(CCl)nc2s1. The number of nitrogens with one attached hydrogen (secondary N) is 1. The van der Waals surface area contributed by atoms with E-state index in [-0.39, 0.29) is 0 Å². The summed E-state index contributed by atoms with van der Waals surface area (Å²) >= 11 is 7.29. The first-order valence-corrected chi connectivity index (χ1v) is 6.13. The van der Waals surface area contributed by atoms with E-state index in [4.69, 9.17) is 11.6 Å². The van der Waals surface area contributed by atoms with Crippen molar-refractivity contribution in [1.82, 2.24) is 9.97 Å². The van der Waals surface area contributed by atoms with Gasteiger partial charge in [0.2, 0.25) is 0 Å². The van der Waals surface area contributed by atoms with Crippen molar-refractivity contribution >= 4 is 38.4 Å². The van der Waals surface area contributed by atoms with Gasteiger partial charge in [-0.1, -0.05) is 11.3 Å². The highest BCUT2D eigenvalue weighted by atomic mass is 35.5. The molecule has 0 radical (unpaired) electrons. The van der Waals surface area contributed by atoms with E-state index in [0.29, 0.717) is 11.9 Å². The average molecular weight is 242 g/mol. The van der Waals surface area contributed by atoms with Crippen molar-refractivity contribution in [3.8, 4) is 0 Å². The Morgan fingerprint density at radius 3 is 2.87 bits per heavy atom. The minimum atomic E-state index is 0.387. The van der Waals surface area contributed by atoms with Crippen LogP contribution in [0.25, 0.3) is 10.3 Å². The van der Waals surface area contributed by atoms with Crippen LogP contribution in [0.15, 0.2) is 12.1 Å². The first-order valence-electron chi connectivity index (χ1n) is 4.78. The zero-order valence-electron chi connectivity index (χ0n) is 8.62. The molecule has 0 saturated heterocycles. The molecule has 0 atom stereocenters. The van der Waals surface area contributed by atoms with Gasteiger partial charge in [-0.25, -0.2) is 9.97 Å². The predicted octanol–water partition coefficient (Wildman–Crippen LogP) is 3.25. The maximum atomic E-state index is 5.72. The minimum absolute atomic E-state index is 0.387. The second-order valence-corrected chi connectivity index (χ2v) is 4.82. The molecule has 2 aromatic rings. The number of fused-ring (bicyclic) bond motifs is 1. The van der Waals surface area contributed by atoms with E-state index in [2.05, 4.69) is 29.1 Å². The van der Waals surface area contributed by atoms with Crippen molar-refractivity contribution in [2.75, 3.05) is 5.32 Å². The summed E-state index contributed by atoms with van der Waals surface area (Å²) in [6, 6.07) is 4.26. The summed E-state index contributed by atoms with van der Waals surface area (Å²) in [6.45, 7) is 4.17. The van der Waals surface area contributed by atoms with Crippen LogP contribution in [0.4, 0.5) is 5.13 Å². The maximum absolute atomic E-state index is 5.72. The van der Waals surface area contributed by atoms with Crippen molar-refractivity contribution in [3.05, 3.63) is 17.8 Å². The highest BCUT2D eigenvalue weighted by Crippen LogP contribution is 2.25. The van der Waals surface area contributed by atoms with Crippen LogP contribution < -0.4 is 5.32 Å². The van der Waals surface area contributed by atoms with Gasteiger partial charge in [-0.3, -0.25) is 0 Å². The first-order chi connectivity index (χ1) is 7.19. The molecule has 2 rings (SSSR count). The van der Waals surface area contributed by atoms with Crippen LogP contribution in [-0.4, -0.2) is 16.0 Å². The summed E-state index contributed by atoms with van der Waals surface area (Å²) < 4.78 is 0. The molecule has 0 unspecified atom stereocenters. The van der Waals surface area contributed by atoms with Gasteiger partial charge in [-0.05, 0) is 26.0 Å². The summed E-state index contributed by atoms with van der Waals surface area (Å²) in [6.07, 6.45) is 0. The third kappa shape index (κ3) is 2.38. The lowest BCUT2D eigenvalue weighted by Crippen LogP contribution is -2.08. The van der Waals surface area contributed by atoms with E-state index >= 15 is 0 Å². The van der Waals surface area contributed by atoms with Crippen molar-refractivity contribution in [1.29, 1.82) is 0 Å². The number of pyridine rings is 1. The predicted molar refractivity (Wildman–Crippen MR) is 65.7 cm³/mol. The third-order valence-corrected chi connectivity index (χ3v) is 3.03. The summed E-state index contributed by atoms with van der Waals surface area (Å²) in [7, 11) is 0. The lowest BCUT2D eigenvalue weighted by atomic mass is 10.4. The molecule has 80 valence electrons. The maximum Gasteiger partial charge on any atom is 0.185 e. The quantitative estimate of drug-likeness (QED) is 0.839. The topological polar surface area (TPSA) is 37.8 Å². The number of halogens is 1. The van der Waals surface area contributed by atoms with Crippen LogP contribution >= 0.6 is 22.9 Å². The van der Waals surface area contributed by atoms with Crippen LogP contribution in [0.2, 0.25) is 0 Å². The van der Waals surface area contributed by atoms with E-state index in [0.717, 1.165) is 21.2 Å². The normalized spacial score (nSPS) is 11.2. The van der Waals surface area contributed by atoms with Crippen LogP contribution in [-0.2, 0) is 5.88 Å². The van der Waals surface area contributed by atoms with Gasteiger partial charge in [-0.2, -0.15) is 0 Å². The van der Waals surface area contributed by atoms with Gasteiger partial charge in [0, 0.05) is 6.04 Å². The molecule has 0 spiro atoms. The molecule has 2 heterocycles. The third-order valence-electron chi connectivity index (χ3n) is 1.86. The van der Waals surface area contributed by atoms with E-state index in [1.807, 2.05) is 12.1 Å². The lowest BCUT2D eigenvalue weighted by Gasteiger charge is -2.03. The monoisotopic (exact) mass is 241 g/mol. The molecule has 5 heteroatoms. The molecular weight excluding hydrogens is 230 g/mol. The fraction of sp³-hybridized carbons (Fsp3) is 0.400. The fourth-order valence-corrected chi connectivity index (χ4v) is 2.39. The summed E-state index contributed by atoms with van der Waals surface area (Å²) in [4.78, 5) is 9.78. The van der Waals surface area contributed by atoms with Crippen LogP contribution in [0.1, 0.15) is 19.5 Å². The average Bonchev–Trinajstić information content (AvgIpc) is 2.57. The molecule has 0 bridgehead atoms. The number of alkyl halides is 1. The van der Waals surface area contributed by atoms with E-state index in [1.165, 1.54) is 0 Å². The molecule has 0 aromatic carbocycles. The zero-order valence-corrected chi connectivity index (χ0v) is 10.2. The molecule has 0 amide bonds. The standard InChI is InChI=1S/C10H12ClN3S/c1-6(2)12-10-14-8-4-3-7(5-11)13-9(8)15-10/h3-4,6H,5H2,1-2H3,(H,12,14). The summed E-state index contributed by atoms with van der Waals surface area (Å²) in [5.74, 6) is 0.445. The van der Waals surface area contributed by atoms with Gasteiger partial charge in [0.25, 0.3) is 0 Å². The zero-order chi connectivity index (χ0) is 10.8. The van der Waals surface area contributed by atoms with Gasteiger partial charge in [-0.15, -0.1) is 11.6 Å². The van der Waals surface area contributed by atoms with E-state index < -0.39 is 0 Å². The highest BCUT2D eigenvalue weighted by molar-refractivity contribution is 7.21. The molecular formula is C10H12ClN3S. The molecule has 2 aromatic heterocycles. The smallest absolute Gasteiger partial charge is 0.185 e. The lowest BCUT2D eigenvalue weighted by molar-refractivity contribution is 0.897.